The predicted molar refractivity (Wildman–Crippen MR) is 118 cm³/mol. The zero-order valence-electron chi connectivity index (χ0n) is 15.4. The summed E-state index contributed by atoms with van der Waals surface area (Å²) in [6, 6.07) is 19.8. The molecule has 0 fully saturated rings. The van der Waals surface area contributed by atoms with Gasteiger partial charge in [0.2, 0.25) is 0 Å². The standard InChI is InChI=1S/C22H17Cl3N2O2/c1-14(15-2-8-18(23)9-3-15)26-27-21(28)22(29,16-4-10-19(24)11-5-16)17-6-12-20(25)13-7-17/h2-13,29H,1H3,(H,27,28)/b26-14+. The van der Waals surface area contributed by atoms with E-state index in [1.165, 1.54) is 0 Å². The van der Waals surface area contributed by atoms with Crippen LogP contribution in [0.2, 0.25) is 15.1 Å². The van der Waals surface area contributed by atoms with Crippen molar-refractivity contribution in [3.05, 3.63) is 105 Å². The van der Waals surface area contributed by atoms with Crippen LogP contribution in [0, 0.1) is 0 Å². The number of carbonyl (C=O) groups is 1. The lowest BCUT2D eigenvalue weighted by Crippen LogP contribution is -2.43. The zero-order valence-corrected chi connectivity index (χ0v) is 17.6. The number of amides is 1. The Morgan fingerprint density at radius 1 is 0.793 bits per heavy atom. The number of hydrogen-bond donors (Lipinski definition) is 2. The van der Waals surface area contributed by atoms with Gasteiger partial charge >= 0.3 is 0 Å². The van der Waals surface area contributed by atoms with Gasteiger partial charge in [-0.1, -0.05) is 71.2 Å². The highest BCUT2D eigenvalue weighted by atomic mass is 35.5. The summed E-state index contributed by atoms with van der Waals surface area (Å²) >= 11 is 17.8. The van der Waals surface area contributed by atoms with Gasteiger partial charge in [-0.15, -0.1) is 0 Å². The van der Waals surface area contributed by atoms with E-state index in [0.29, 0.717) is 31.9 Å². The molecule has 3 rings (SSSR count). The number of halogens is 3. The summed E-state index contributed by atoms with van der Waals surface area (Å²) in [4.78, 5) is 13.1. The molecular formula is C22H17Cl3N2O2. The van der Waals surface area contributed by atoms with Crippen LogP contribution in [0.4, 0.5) is 0 Å². The first kappa shape index (κ1) is 21.3. The van der Waals surface area contributed by atoms with Gasteiger partial charge in [0.05, 0.1) is 5.71 Å². The fourth-order valence-electron chi connectivity index (χ4n) is 2.78. The molecule has 0 saturated carbocycles. The van der Waals surface area contributed by atoms with E-state index >= 15 is 0 Å². The Balaban J connectivity index is 1.96. The van der Waals surface area contributed by atoms with Gasteiger partial charge in [-0.2, -0.15) is 5.10 Å². The topological polar surface area (TPSA) is 61.7 Å². The van der Waals surface area contributed by atoms with Crippen LogP contribution in [-0.4, -0.2) is 16.7 Å². The number of nitrogens with one attached hydrogen (secondary N) is 1. The number of rotatable bonds is 5. The van der Waals surface area contributed by atoms with Crippen LogP contribution in [0.25, 0.3) is 0 Å². The molecule has 4 nitrogen and oxygen atoms in total. The van der Waals surface area contributed by atoms with Gasteiger partial charge in [-0.05, 0) is 60.0 Å². The molecule has 0 heterocycles. The maximum absolute atomic E-state index is 13.1. The van der Waals surface area contributed by atoms with E-state index in [4.69, 9.17) is 34.8 Å². The van der Waals surface area contributed by atoms with Gasteiger partial charge in [0.25, 0.3) is 5.91 Å². The minimum absolute atomic E-state index is 0.348. The van der Waals surface area contributed by atoms with Gasteiger partial charge in [-0.25, -0.2) is 5.43 Å². The van der Waals surface area contributed by atoms with Crippen molar-refractivity contribution >= 4 is 46.4 Å². The highest BCUT2D eigenvalue weighted by Gasteiger charge is 2.40. The van der Waals surface area contributed by atoms with Gasteiger partial charge in [0.15, 0.2) is 5.60 Å². The van der Waals surface area contributed by atoms with E-state index in [-0.39, 0.29) is 0 Å². The second-order valence-corrected chi connectivity index (χ2v) is 7.68. The van der Waals surface area contributed by atoms with E-state index in [1.807, 2.05) is 0 Å². The zero-order chi connectivity index (χ0) is 21.0. The highest BCUT2D eigenvalue weighted by Crippen LogP contribution is 2.31. The van der Waals surface area contributed by atoms with Crippen molar-refractivity contribution in [2.45, 2.75) is 12.5 Å². The second kappa shape index (κ2) is 8.97. The molecule has 3 aromatic carbocycles. The largest absolute Gasteiger partial charge is 0.372 e. The fourth-order valence-corrected chi connectivity index (χ4v) is 3.16. The smallest absolute Gasteiger partial charge is 0.281 e. The van der Waals surface area contributed by atoms with Crippen LogP contribution in [0.5, 0.6) is 0 Å². The minimum atomic E-state index is -1.99. The number of hydrogen-bond acceptors (Lipinski definition) is 3. The van der Waals surface area contributed by atoms with Gasteiger partial charge < -0.3 is 5.11 Å². The van der Waals surface area contributed by atoms with Crippen molar-refractivity contribution in [1.29, 1.82) is 0 Å². The molecule has 0 radical (unpaired) electrons. The molecule has 0 aliphatic heterocycles. The third-order valence-corrected chi connectivity index (χ3v) is 5.20. The number of carbonyl (C=O) groups excluding carboxylic acids is 1. The Hall–Kier alpha value is -2.37. The Morgan fingerprint density at radius 2 is 1.17 bits per heavy atom. The van der Waals surface area contributed by atoms with Crippen LogP contribution < -0.4 is 5.43 Å². The molecule has 7 heteroatoms. The third-order valence-electron chi connectivity index (χ3n) is 4.44. The Kier molecular flexibility index (Phi) is 6.60. The monoisotopic (exact) mass is 446 g/mol. The molecule has 0 aliphatic carbocycles. The van der Waals surface area contributed by atoms with Crippen LogP contribution in [-0.2, 0) is 10.4 Å². The van der Waals surface area contributed by atoms with Gasteiger partial charge in [0.1, 0.15) is 0 Å². The Labute approximate surface area is 183 Å². The minimum Gasteiger partial charge on any atom is -0.372 e. The summed E-state index contributed by atoms with van der Waals surface area (Å²) in [7, 11) is 0. The number of hydrazone groups is 1. The van der Waals surface area contributed by atoms with E-state index in [0.717, 1.165) is 5.56 Å². The summed E-state index contributed by atoms with van der Waals surface area (Å²) in [5.41, 5.74) is 2.52. The van der Waals surface area contributed by atoms with E-state index in [1.54, 1.807) is 79.7 Å². The average molecular weight is 448 g/mol. The summed E-state index contributed by atoms with van der Waals surface area (Å²) in [6.45, 7) is 1.74. The number of benzene rings is 3. The van der Waals surface area contributed by atoms with Crippen LogP contribution in [0.15, 0.2) is 77.9 Å². The second-order valence-electron chi connectivity index (χ2n) is 6.37. The summed E-state index contributed by atoms with van der Waals surface area (Å²) in [5.74, 6) is -0.713. The van der Waals surface area contributed by atoms with Crippen LogP contribution in [0.3, 0.4) is 0 Å². The molecule has 29 heavy (non-hydrogen) atoms. The number of aliphatic hydroxyl groups is 1. The summed E-state index contributed by atoms with van der Waals surface area (Å²) in [5, 5.41) is 17.2. The predicted octanol–water partition coefficient (Wildman–Crippen LogP) is 5.42. The lowest BCUT2D eigenvalue weighted by Gasteiger charge is -2.27. The molecule has 0 spiro atoms. The third kappa shape index (κ3) is 4.80. The van der Waals surface area contributed by atoms with Gasteiger partial charge in [0, 0.05) is 15.1 Å². The molecule has 0 aromatic heterocycles. The molecule has 0 unspecified atom stereocenters. The quantitative estimate of drug-likeness (QED) is 0.405. The van der Waals surface area contributed by atoms with Crippen molar-refractivity contribution in [3.8, 4) is 0 Å². The first-order valence-electron chi connectivity index (χ1n) is 8.66. The van der Waals surface area contributed by atoms with E-state index in [2.05, 4.69) is 10.5 Å². The lowest BCUT2D eigenvalue weighted by molar-refractivity contribution is -0.136. The van der Waals surface area contributed by atoms with Crippen molar-refractivity contribution in [1.82, 2.24) is 5.43 Å². The Morgan fingerprint density at radius 3 is 1.59 bits per heavy atom. The number of nitrogens with zero attached hydrogens (tertiary/aromatic N) is 1. The average Bonchev–Trinajstić information content (AvgIpc) is 2.72. The lowest BCUT2D eigenvalue weighted by atomic mass is 9.85. The van der Waals surface area contributed by atoms with Crippen LogP contribution >= 0.6 is 34.8 Å². The molecule has 0 saturated heterocycles. The molecule has 3 aromatic rings. The summed E-state index contributed by atoms with van der Waals surface area (Å²) < 4.78 is 0. The molecule has 148 valence electrons. The normalized spacial score (nSPS) is 12.0. The molecule has 1 amide bonds. The highest BCUT2D eigenvalue weighted by molar-refractivity contribution is 6.31. The Bertz CT molecular complexity index is 986. The first-order valence-corrected chi connectivity index (χ1v) is 9.79. The van der Waals surface area contributed by atoms with E-state index < -0.39 is 11.5 Å². The molecule has 0 aliphatic rings. The van der Waals surface area contributed by atoms with Crippen molar-refractivity contribution < 1.29 is 9.90 Å². The maximum Gasteiger partial charge on any atom is 0.281 e. The fraction of sp³-hybridized carbons (Fsp3) is 0.0909. The SMILES string of the molecule is C/C(=N\NC(=O)C(O)(c1ccc(Cl)cc1)c1ccc(Cl)cc1)c1ccc(Cl)cc1. The molecule has 0 atom stereocenters. The maximum atomic E-state index is 13.1. The van der Waals surface area contributed by atoms with Crippen LogP contribution in [0.1, 0.15) is 23.6 Å². The van der Waals surface area contributed by atoms with Crippen molar-refractivity contribution in [2.24, 2.45) is 5.10 Å². The first-order chi connectivity index (χ1) is 13.8. The van der Waals surface area contributed by atoms with Crippen molar-refractivity contribution in [2.75, 3.05) is 0 Å². The molecule has 0 bridgehead atoms. The molecule has 2 N–H and O–H groups in total. The molecular weight excluding hydrogens is 431 g/mol. The van der Waals surface area contributed by atoms with E-state index in [9.17, 15) is 9.90 Å². The van der Waals surface area contributed by atoms with Crippen molar-refractivity contribution in [3.63, 3.8) is 0 Å². The van der Waals surface area contributed by atoms with Gasteiger partial charge in [-0.3, -0.25) is 4.79 Å². The summed E-state index contributed by atoms with van der Waals surface area (Å²) in [6.07, 6.45) is 0.